The van der Waals surface area contributed by atoms with Crippen LogP contribution in [0.15, 0.2) is 66.7 Å². The number of carbonyl (C=O) groups is 2. The zero-order valence-electron chi connectivity index (χ0n) is 19.7. The second-order valence-electron chi connectivity index (χ2n) is 8.14. The molecule has 0 aromatic heterocycles. The Hall–Kier alpha value is -3.72. The number of aryl methyl sites for hydroxylation is 2. The summed E-state index contributed by atoms with van der Waals surface area (Å²) in [7, 11) is 0. The minimum Gasteiger partial charge on any atom is -0.338 e. The fourth-order valence-electron chi connectivity index (χ4n) is 3.53. The van der Waals surface area contributed by atoms with Crippen LogP contribution in [0, 0.1) is 13.8 Å². The molecule has 0 fully saturated rings. The Morgan fingerprint density at radius 2 is 1.56 bits per heavy atom. The van der Waals surface area contributed by atoms with Crippen LogP contribution in [-0.2, 0) is 6.18 Å². The van der Waals surface area contributed by atoms with E-state index in [9.17, 15) is 22.8 Å². The Bertz CT molecular complexity index is 1200. The van der Waals surface area contributed by atoms with Crippen LogP contribution >= 0.6 is 11.6 Å². The van der Waals surface area contributed by atoms with Crippen molar-refractivity contribution in [3.05, 3.63) is 88.4 Å². The van der Waals surface area contributed by atoms with Crippen molar-refractivity contribution in [3.8, 4) is 0 Å². The first-order valence-corrected chi connectivity index (χ1v) is 11.5. The Balaban J connectivity index is 1.68. The van der Waals surface area contributed by atoms with E-state index in [1.807, 2.05) is 32.0 Å². The third kappa shape index (κ3) is 7.39. The minimum absolute atomic E-state index is 0.0599. The number of para-hydroxylation sites is 1. The van der Waals surface area contributed by atoms with Crippen molar-refractivity contribution in [3.63, 3.8) is 0 Å². The molecule has 36 heavy (non-hydrogen) atoms. The van der Waals surface area contributed by atoms with E-state index in [4.69, 9.17) is 11.6 Å². The van der Waals surface area contributed by atoms with Gasteiger partial charge in [0.15, 0.2) is 0 Å². The van der Waals surface area contributed by atoms with Gasteiger partial charge in [-0.3, -0.25) is 4.90 Å². The van der Waals surface area contributed by atoms with Crippen LogP contribution in [-0.4, -0.2) is 25.2 Å². The lowest BCUT2D eigenvalue weighted by Crippen LogP contribution is -2.38. The van der Waals surface area contributed by atoms with Crippen molar-refractivity contribution in [2.24, 2.45) is 0 Å². The summed E-state index contributed by atoms with van der Waals surface area (Å²) in [6.07, 6.45) is -4.26. The van der Waals surface area contributed by atoms with Gasteiger partial charge in [0.25, 0.3) is 0 Å². The summed E-state index contributed by atoms with van der Waals surface area (Å²) in [6, 6.07) is 15.5. The minimum atomic E-state index is -4.55. The SMILES string of the molecule is Cc1cccc(C)c1NC(=O)NCCCN(C(=O)Nc1ccc(Cl)cc1)c1cccc(C(F)(F)F)c1. The van der Waals surface area contributed by atoms with Crippen molar-refractivity contribution in [1.29, 1.82) is 0 Å². The fourth-order valence-corrected chi connectivity index (χ4v) is 3.66. The molecule has 3 rings (SSSR count). The lowest BCUT2D eigenvalue weighted by Gasteiger charge is -2.24. The van der Waals surface area contributed by atoms with E-state index in [0.717, 1.165) is 23.3 Å². The highest BCUT2D eigenvalue weighted by Crippen LogP contribution is 2.32. The van der Waals surface area contributed by atoms with Gasteiger partial charge in [-0.05, 0) is 73.9 Å². The summed E-state index contributed by atoms with van der Waals surface area (Å²) < 4.78 is 39.8. The molecule has 3 aromatic rings. The largest absolute Gasteiger partial charge is 0.416 e. The number of amides is 4. The standard InChI is InChI=1S/C26H26ClF3N4O2/c1-17-6-3-7-18(2)23(17)33-24(35)31-14-5-15-34(22-9-4-8-19(16-22)26(28,29)30)25(36)32-21-12-10-20(27)11-13-21/h3-4,6-13,16H,5,14-15H2,1-2H3,(H,32,36)(H2,31,33,35). The van der Waals surface area contributed by atoms with Gasteiger partial charge in [-0.2, -0.15) is 13.2 Å². The molecular formula is C26H26ClF3N4O2. The number of hydrogen-bond acceptors (Lipinski definition) is 2. The highest BCUT2D eigenvalue weighted by Gasteiger charge is 2.31. The Morgan fingerprint density at radius 3 is 2.19 bits per heavy atom. The topological polar surface area (TPSA) is 73.5 Å². The number of alkyl halides is 3. The summed E-state index contributed by atoms with van der Waals surface area (Å²) in [5.41, 5.74) is 2.20. The maximum atomic E-state index is 13.3. The smallest absolute Gasteiger partial charge is 0.338 e. The zero-order chi connectivity index (χ0) is 26.3. The molecule has 0 bridgehead atoms. The lowest BCUT2D eigenvalue weighted by atomic mass is 10.1. The number of nitrogens with zero attached hydrogens (tertiary/aromatic N) is 1. The maximum absolute atomic E-state index is 13.3. The number of carbonyl (C=O) groups excluding carboxylic acids is 2. The third-order valence-corrected chi connectivity index (χ3v) is 5.64. The Kier molecular flexibility index (Phi) is 8.82. The predicted molar refractivity (Wildman–Crippen MR) is 137 cm³/mol. The van der Waals surface area contributed by atoms with Gasteiger partial charge in [0, 0.05) is 35.2 Å². The molecule has 0 aliphatic heterocycles. The summed E-state index contributed by atoms with van der Waals surface area (Å²) in [5, 5.41) is 8.67. The van der Waals surface area contributed by atoms with E-state index < -0.39 is 23.8 Å². The van der Waals surface area contributed by atoms with E-state index >= 15 is 0 Å². The van der Waals surface area contributed by atoms with Gasteiger partial charge >= 0.3 is 18.2 Å². The first kappa shape index (κ1) is 26.9. The molecule has 0 aliphatic carbocycles. The summed E-state index contributed by atoms with van der Waals surface area (Å²) in [6.45, 7) is 4.02. The summed E-state index contributed by atoms with van der Waals surface area (Å²) in [4.78, 5) is 26.5. The van der Waals surface area contributed by atoms with Crippen molar-refractivity contribution >= 4 is 40.7 Å². The van der Waals surface area contributed by atoms with Gasteiger partial charge in [-0.1, -0.05) is 35.9 Å². The molecule has 0 spiro atoms. The molecule has 4 amide bonds. The van der Waals surface area contributed by atoms with Crippen LogP contribution in [0.5, 0.6) is 0 Å². The van der Waals surface area contributed by atoms with Crippen molar-refractivity contribution < 1.29 is 22.8 Å². The van der Waals surface area contributed by atoms with E-state index in [2.05, 4.69) is 16.0 Å². The number of hydrogen-bond donors (Lipinski definition) is 3. The number of anilines is 3. The number of rotatable bonds is 7. The normalized spacial score (nSPS) is 11.1. The molecule has 0 aliphatic rings. The molecule has 0 heterocycles. The highest BCUT2D eigenvalue weighted by atomic mass is 35.5. The quantitative estimate of drug-likeness (QED) is 0.289. The molecule has 0 radical (unpaired) electrons. The van der Waals surface area contributed by atoms with Gasteiger partial charge in [0.1, 0.15) is 0 Å². The second kappa shape index (κ2) is 11.8. The number of halogens is 4. The van der Waals surface area contributed by atoms with Crippen molar-refractivity contribution in [2.75, 3.05) is 28.6 Å². The van der Waals surface area contributed by atoms with Gasteiger partial charge < -0.3 is 16.0 Å². The molecule has 3 aromatic carbocycles. The number of benzene rings is 3. The van der Waals surface area contributed by atoms with Gasteiger partial charge in [-0.15, -0.1) is 0 Å². The van der Waals surface area contributed by atoms with E-state index in [1.165, 1.54) is 17.0 Å². The van der Waals surface area contributed by atoms with Crippen LogP contribution in [0.3, 0.4) is 0 Å². The first-order chi connectivity index (χ1) is 17.0. The van der Waals surface area contributed by atoms with Gasteiger partial charge in [0.05, 0.1) is 5.56 Å². The van der Waals surface area contributed by atoms with Crippen molar-refractivity contribution in [2.45, 2.75) is 26.4 Å². The third-order valence-electron chi connectivity index (χ3n) is 5.39. The van der Waals surface area contributed by atoms with Crippen LogP contribution in [0.1, 0.15) is 23.1 Å². The number of urea groups is 2. The monoisotopic (exact) mass is 518 g/mol. The van der Waals surface area contributed by atoms with Gasteiger partial charge in [0.2, 0.25) is 0 Å². The summed E-state index contributed by atoms with van der Waals surface area (Å²) >= 11 is 5.88. The maximum Gasteiger partial charge on any atom is 0.416 e. The number of nitrogens with one attached hydrogen (secondary N) is 3. The second-order valence-corrected chi connectivity index (χ2v) is 8.57. The average molecular weight is 519 g/mol. The Morgan fingerprint density at radius 1 is 0.917 bits per heavy atom. The Labute approximate surface area is 212 Å². The van der Waals surface area contributed by atoms with E-state index in [-0.39, 0.29) is 18.8 Å². The van der Waals surface area contributed by atoms with Crippen molar-refractivity contribution in [1.82, 2.24) is 5.32 Å². The molecule has 0 unspecified atom stereocenters. The molecule has 190 valence electrons. The van der Waals surface area contributed by atoms with Crippen LogP contribution < -0.4 is 20.9 Å². The zero-order valence-corrected chi connectivity index (χ0v) is 20.5. The van der Waals surface area contributed by atoms with Crippen LogP contribution in [0.4, 0.5) is 39.8 Å². The van der Waals surface area contributed by atoms with Crippen LogP contribution in [0.2, 0.25) is 5.02 Å². The van der Waals surface area contributed by atoms with E-state index in [0.29, 0.717) is 22.8 Å². The molecule has 6 nitrogen and oxygen atoms in total. The predicted octanol–water partition coefficient (Wildman–Crippen LogP) is 7.23. The fraction of sp³-hybridized carbons (Fsp3) is 0.231. The molecule has 10 heteroatoms. The molecule has 0 saturated carbocycles. The molecule has 0 saturated heterocycles. The lowest BCUT2D eigenvalue weighted by molar-refractivity contribution is -0.137. The van der Waals surface area contributed by atoms with Gasteiger partial charge in [-0.25, -0.2) is 9.59 Å². The first-order valence-electron chi connectivity index (χ1n) is 11.2. The van der Waals surface area contributed by atoms with Crippen LogP contribution in [0.25, 0.3) is 0 Å². The molecule has 3 N–H and O–H groups in total. The summed E-state index contributed by atoms with van der Waals surface area (Å²) in [5.74, 6) is 0. The highest BCUT2D eigenvalue weighted by molar-refractivity contribution is 6.30. The molecule has 0 atom stereocenters. The van der Waals surface area contributed by atoms with E-state index in [1.54, 1.807) is 24.3 Å². The average Bonchev–Trinajstić information content (AvgIpc) is 2.82. The molecular weight excluding hydrogens is 493 g/mol.